The standard InChI is InChI=1S/C15H11ClN2OS/c16-15-7-6-12(20-15)10-14(19)13-8-9-18(17-13)11-4-2-1-3-5-11/h1-9H,10H2. The van der Waals surface area contributed by atoms with Gasteiger partial charge in [-0.1, -0.05) is 29.8 Å². The lowest BCUT2D eigenvalue weighted by molar-refractivity contribution is 0.0988. The Bertz CT molecular complexity index is 733. The molecule has 0 bridgehead atoms. The molecule has 0 saturated carbocycles. The first kappa shape index (κ1) is 13.1. The normalized spacial score (nSPS) is 10.7. The first-order valence-corrected chi connectivity index (χ1v) is 7.30. The van der Waals surface area contributed by atoms with E-state index in [0.717, 1.165) is 10.6 Å². The highest BCUT2D eigenvalue weighted by Crippen LogP contribution is 2.22. The van der Waals surface area contributed by atoms with E-state index in [1.807, 2.05) is 36.4 Å². The molecule has 0 fully saturated rings. The van der Waals surface area contributed by atoms with E-state index in [-0.39, 0.29) is 5.78 Å². The molecular weight excluding hydrogens is 292 g/mol. The predicted octanol–water partition coefficient (Wildman–Crippen LogP) is 4.01. The average molecular weight is 303 g/mol. The van der Waals surface area contributed by atoms with E-state index in [4.69, 9.17) is 11.6 Å². The molecule has 0 N–H and O–H groups in total. The number of nitrogens with zero attached hydrogens (tertiary/aromatic N) is 2. The lowest BCUT2D eigenvalue weighted by Crippen LogP contribution is -2.04. The van der Waals surface area contributed by atoms with Gasteiger partial charge in [0.05, 0.1) is 10.0 Å². The highest BCUT2D eigenvalue weighted by molar-refractivity contribution is 7.16. The molecule has 20 heavy (non-hydrogen) atoms. The van der Waals surface area contributed by atoms with Crippen LogP contribution in [0.2, 0.25) is 4.34 Å². The molecule has 0 aliphatic carbocycles. The molecule has 0 saturated heterocycles. The minimum Gasteiger partial charge on any atom is -0.292 e. The van der Waals surface area contributed by atoms with Crippen molar-refractivity contribution in [2.75, 3.05) is 0 Å². The topological polar surface area (TPSA) is 34.9 Å². The van der Waals surface area contributed by atoms with Gasteiger partial charge in [0.1, 0.15) is 5.69 Å². The molecular formula is C15H11ClN2OS. The van der Waals surface area contributed by atoms with Gasteiger partial charge in [0, 0.05) is 17.5 Å². The Hall–Kier alpha value is -1.91. The molecule has 3 nitrogen and oxygen atoms in total. The van der Waals surface area contributed by atoms with Crippen molar-refractivity contribution in [3.05, 3.63) is 69.6 Å². The third-order valence-electron chi connectivity index (χ3n) is 2.86. The Kier molecular flexibility index (Phi) is 3.67. The summed E-state index contributed by atoms with van der Waals surface area (Å²) in [6, 6.07) is 15.1. The fourth-order valence-corrected chi connectivity index (χ4v) is 2.98. The van der Waals surface area contributed by atoms with E-state index in [0.29, 0.717) is 16.5 Å². The van der Waals surface area contributed by atoms with Crippen molar-refractivity contribution in [1.29, 1.82) is 0 Å². The molecule has 0 spiro atoms. The average Bonchev–Trinajstić information content (AvgIpc) is 3.09. The number of carbonyl (C=O) groups is 1. The largest absolute Gasteiger partial charge is 0.292 e. The van der Waals surface area contributed by atoms with Gasteiger partial charge in [-0.15, -0.1) is 11.3 Å². The number of carbonyl (C=O) groups excluding carboxylic acids is 1. The molecule has 0 aliphatic rings. The fourth-order valence-electron chi connectivity index (χ4n) is 1.89. The summed E-state index contributed by atoms with van der Waals surface area (Å²) >= 11 is 7.29. The Morgan fingerprint density at radius 2 is 1.95 bits per heavy atom. The number of benzene rings is 1. The van der Waals surface area contributed by atoms with Crippen molar-refractivity contribution in [2.45, 2.75) is 6.42 Å². The van der Waals surface area contributed by atoms with Gasteiger partial charge in [-0.2, -0.15) is 5.10 Å². The van der Waals surface area contributed by atoms with Gasteiger partial charge in [-0.25, -0.2) is 4.68 Å². The third kappa shape index (κ3) is 2.81. The number of Topliss-reactive ketones (excluding diaryl/α,β-unsaturated/α-hetero) is 1. The highest BCUT2D eigenvalue weighted by Gasteiger charge is 2.12. The number of thiophene rings is 1. The molecule has 0 atom stereocenters. The maximum Gasteiger partial charge on any atom is 0.188 e. The molecule has 2 heterocycles. The number of hydrogen-bond acceptors (Lipinski definition) is 3. The first-order chi connectivity index (χ1) is 9.72. The maximum absolute atomic E-state index is 12.2. The quantitative estimate of drug-likeness (QED) is 0.682. The summed E-state index contributed by atoms with van der Waals surface area (Å²) in [5, 5.41) is 4.32. The molecule has 0 unspecified atom stereocenters. The number of ketones is 1. The zero-order chi connectivity index (χ0) is 13.9. The second kappa shape index (κ2) is 5.61. The molecule has 1 aromatic carbocycles. The van der Waals surface area contributed by atoms with Gasteiger partial charge in [0.15, 0.2) is 5.78 Å². The fraction of sp³-hybridized carbons (Fsp3) is 0.0667. The number of hydrogen-bond donors (Lipinski definition) is 0. The molecule has 5 heteroatoms. The lowest BCUT2D eigenvalue weighted by Gasteiger charge is -1.99. The molecule has 100 valence electrons. The monoisotopic (exact) mass is 302 g/mol. The van der Waals surface area contributed by atoms with Gasteiger partial charge >= 0.3 is 0 Å². The Morgan fingerprint density at radius 3 is 2.65 bits per heavy atom. The smallest absolute Gasteiger partial charge is 0.188 e. The van der Waals surface area contributed by atoms with Crippen molar-refractivity contribution >= 4 is 28.7 Å². The summed E-state index contributed by atoms with van der Waals surface area (Å²) in [7, 11) is 0. The molecule has 0 amide bonds. The maximum atomic E-state index is 12.2. The highest BCUT2D eigenvalue weighted by atomic mass is 35.5. The summed E-state index contributed by atoms with van der Waals surface area (Å²) < 4.78 is 2.40. The zero-order valence-corrected chi connectivity index (χ0v) is 12.1. The van der Waals surface area contributed by atoms with E-state index in [2.05, 4.69) is 5.10 Å². The Morgan fingerprint density at radius 1 is 1.15 bits per heavy atom. The molecule has 0 radical (unpaired) electrons. The van der Waals surface area contributed by atoms with Crippen LogP contribution in [-0.4, -0.2) is 15.6 Å². The van der Waals surface area contributed by atoms with Crippen molar-refractivity contribution in [2.24, 2.45) is 0 Å². The Balaban J connectivity index is 1.78. The second-order valence-corrected chi connectivity index (χ2v) is 6.09. The molecule has 3 aromatic rings. The summed E-state index contributed by atoms with van der Waals surface area (Å²) in [4.78, 5) is 13.1. The van der Waals surface area contributed by atoms with Crippen LogP contribution in [0.4, 0.5) is 0 Å². The minimum atomic E-state index is -0.00167. The van der Waals surface area contributed by atoms with Gasteiger partial charge in [-0.05, 0) is 30.3 Å². The van der Waals surface area contributed by atoms with Crippen LogP contribution in [0.5, 0.6) is 0 Å². The summed E-state index contributed by atoms with van der Waals surface area (Å²) in [6.45, 7) is 0. The van der Waals surface area contributed by atoms with E-state index in [9.17, 15) is 4.79 Å². The van der Waals surface area contributed by atoms with Crippen LogP contribution in [0.1, 0.15) is 15.4 Å². The number of para-hydroxylation sites is 1. The molecule has 0 aliphatic heterocycles. The summed E-state index contributed by atoms with van der Waals surface area (Å²) in [5.74, 6) is -0.00167. The minimum absolute atomic E-state index is 0.00167. The zero-order valence-electron chi connectivity index (χ0n) is 10.5. The molecule has 2 aromatic heterocycles. The van der Waals surface area contributed by atoms with Crippen LogP contribution >= 0.6 is 22.9 Å². The van der Waals surface area contributed by atoms with Crippen molar-refractivity contribution in [3.63, 3.8) is 0 Å². The van der Waals surface area contributed by atoms with Crippen LogP contribution in [-0.2, 0) is 6.42 Å². The number of aromatic nitrogens is 2. The predicted molar refractivity (Wildman–Crippen MR) is 80.9 cm³/mol. The van der Waals surface area contributed by atoms with E-state index in [1.165, 1.54) is 11.3 Å². The van der Waals surface area contributed by atoms with Crippen molar-refractivity contribution < 1.29 is 4.79 Å². The van der Waals surface area contributed by atoms with Gasteiger partial charge < -0.3 is 0 Å². The van der Waals surface area contributed by atoms with Gasteiger partial charge in [0.2, 0.25) is 0 Å². The van der Waals surface area contributed by atoms with Gasteiger partial charge in [0.25, 0.3) is 0 Å². The van der Waals surface area contributed by atoms with E-state index >= 15 is 0 Å². The molecule has 3 rings (SSSR count). The lowest BCUT2D eigenvalue weighted by atomic mass is 10.2. The van der Waals surface area contributed by atoms with Crippen LogP contribution in [0, 0.1) is 0 Å². The van der Waals surface area contributed by atoms with Crippen LogP contribution in [0.15, 0.2) is 54.7 Å². The van der Waals surface area contributed by atoms with Crippen LogP contribution in [0.3, 0.4) is 0 Å². The third-order valence-corrected chi connectivity index (χ3v) is 4.09. The number of halogens is 1. The second-order valence-electron chi connectivity index (χ2n) is 4.29. The van der Waals surface area contributed by atoms with E-state index in [1.54, 1.807) is 23.0 Å². The first-order valence-electron chi connectivity index (χ1n) is 6.11. The van der Waals surface area contributed by atoms with E-state index < -0.39 is 0 Å². The Labute approximate surface area is 125 Å². The van der Waals surface area contributed by atoms with Crippen LogP contribution in [0.25, 0.3) is 5.69 Å². The van der Waals surface area contributed by atoms with Crippen molar-refractivity contribution in [1.82, 2.24) is 9.78 Å². The number of rotatable bonds is 4. The van der Waals surface area contributed by atoms with Crippen molar-refractivity contribution in [3.8, 4) is 5.69 Å². The van der Waals surface area contributed by atoms with Crippen LogP contribution < -0.4 is 0 Å². The van der Waals surface area contributed by atoms with Gasteiger partial charge in [-0.3, -0.25) is 4.79 Å². The SMILES string of the molecule is O=C(Cc1ccc(Cl)s1)c1ccn(-c2ccccc2)n1. The summed E-state index contributed by atoms with van der Waals surface area (Å²) in [5.41, 5.74) is 1.41. The summed E-state index contributed by atoms with van der Waals surface area (Å²) in [6.07, 6.45) is 2.13.